The van der Waals surface area contributed by atoms with E-state index in [4.69, 9.17) is 0 Å². The number of benzene rings is 1. The van der Waals surface area contributed by atoms with E-state index < -0.39 is 10.0 Å². The summed E-state index contributed by atoms with van der Waals surface area (Å²) in [7, 11) is -3.47. The highest BCUT2D eigenvalue weighted by molar-refractivity contribution is 7.89. The molecule has 1 aliphatic heterocycles. The number of hydrogen-bond donors (Lipinski definition) is 2. The van der Waals surface area contributed by atoms with E-state index in [1.165, 1.54) is 25.0 Å². The first kappa shape index (κ1) is 18.4. The Morgan fingerprint density at radius 2 is 1.84 bits per heavy atom. The molecule has 1 aromatic carbocycles. The molecule has 2 aliphatic rings. The lowest BCUT2D eigenvalue weighted by molar-refractivity contribution is 0.0937. The van der Waals surface area contributed by atoms with Crippen molar-refractivity contribution in [2.24, 2.45) is 0 Å². The molecule has 3 rings (SSSR count). The molecule has 25 heavy (non-hydrogen) atoms. The molecule has 1 atom stereocenters. The smallest absolute Gasteiger partial charge is 0.251 e. The number of carbonyl (C=O) groups excluding carboxylic acids is 1. The fourth-order valence-electron chi connectivity index (χ4n) is 3.23. The summed E-state index contributed by atoms with van der Waals surface area (Å²) in [6.07, 6.45) is 5.26. The van der Waals surface area contributed by atoms with Crippen LogP contribution in [0.5, 0.6) is 0 Å². The fraction of sp³-hybridized carbons (Fsp3) is 0.611. The zero-order valence-electron chi connectivity index (χ0n) is 14.7. The summed E-state index contributed by atoms with van der Waals surface area (Å²) in [6, 6.07) is 6.59. The summed E-state index contributed by atoms with van der Waals surface area (Å²) in [4.78, 5) is 15.0. The van der Waals surface area contributed by atoms with Crippen LogP contribution in [-0.4, -0.2) is 50.9 Å². The van der Waals surface area contributed by atoms with Crippen LogP contribution in [0.25, 0.3) is 0 Å². The van der Waals surface area contributed by atoms with Crippen LogP contribution in [0.15, 0.2) is 29.2 Å². The number of amides is 1. The van der Waals surface area contributed by atoms with Crippen molar-refractivity contribution in [3.8, 4) is 0 Å². The highest BCUT2D eigenvalue weighted by atomic mass is 32.2. The Hall–Kier alpha value is -1.44. The van der Waals surface area contributed by atoms with Crippen LogP contribution in [0.2, 0.25) is 0 Å². The second kappa shape index (κ2) is 7.85. The van der Waals surface area contributed by atoms with Crippen molar-refractivity contribution in [3.63, 3.8) is 0 Å². The lowest BCUT2D eigenvalue weighted by Gasteiger charge is -2.26. The summed E-state index contributed by atoms with van der Waals surface area (Å²) in [5.41, 5.74) is 0.488. The topological polar surface area (TPSA) is 78.5 Å². The van der Waals surface area contributed by atoms with Gasteiger partial charge in [-0.25, -0.2) is 13.1 Å². The van der Waals surface area contributed by atoms with Crippen molar-refractivity contribution in [2.75, 3.05) is 19.6 Å². The third kappa shape index (κ3) is 4.80. The summed E-state index contributed by atoms with van der Waals surface area (Å²) < 4.78 is 26.9. The molecule has 1 amide bonds. The molecule has 1 aromatic rings. The highest BCUT2D eigenvalue weighted by Crippen LogP contribution is 2.22. The summed E-state index contributed by atoms with van der Waals surface area (Å²) >= 11 is 0. The van der Waals surface area contributed by atoms with Gasteiger partial charge in [0.25, 0.3) is 5.91 Å². The molecule has 1 saturated carbocycles. The Balaban J connectivity index is 1.56. The summed E-state index contributed by atoms with van der Waals surface area (Å²) in [5.74, 6) is -0.156. The van der Waals surface area contributed by atoms with Gasteiger partial charge in [-0.2, -0.15) is 0 Å². The van der Waals surface area contributed by atoms with Crippen molar-refractivity contribution in [2.45, 2.75) is 56.0 Å². The third-order valence-corrected chi connectivity index (χ3v) is 6.49. The second-order valence-electron chi connectivity index (χ2n) is 6.94. The van der Waals surface area contributed by atoms with Crippen molar-refractivity contribution in [3.05, 3.63) is 29.8 Å². The first-order chi connectivity index (χ1) is 12.0. The van der Waals surface area contributed by atoms with E-state index in [-0.39, 0.29) is 16.8 Å². The predicted molar refractivity (Wildman–Crippen MR) is 97.0 cm³/mol. The molecule has 0 radical (unpaired) electrons. The van der Waals surface area contributed by atoms with E-state index in [9.17, 15) is 13.2 Å². The molecule has 1 saturated heterocycles. The van der Waals surface area contributed by atoms with E-state index >= 15 is 0 Å². The minimum Gasteiger partial charge on any atom is -0.350 e. The minimum absolute atomic E-state index is 0.0736. The second-order valence-corrected chi connectivity index (χ2v) is 8.65. The maximum atomic E-state index is 12.3. The molecule has 138 valence electrons. The van der Waals surface area contributed by atoms with Gasteiger partial charge in [0.15, 0.2) is 0 Å². The molecule has 2 fully saturated rings. The Kier molecular flexibility index (Phi) is 5.76. The minimum atomic E-state index is -3.47. The molecule has 1 aliphatic carbocycles. The molecule has 6 nitrogen and oxygen atoms in total. The lowest BCUT2D eigenvalue weighted by atomic mass is 10.1. The van der Waals surface area contributed by atoms with E-state index in [1.54, 1.807) is 12.1 Å². The maximum absolute atomic E-state index is 12.3. The van der Waals surface area contributed by atoms with Crippen molar-refractivity contribution in [1.29, 1.82) is 0 Å². The van der Waals surface area contributed by atoms with Crippen LogP contribution in [0, 0.1) is 0 Å². The normalized spacial score (nSPS) is 19.7. The maximum Gasteiger partial charge on any atom is 0.251 e. The molecular weight excluding hydrogens is 338 g/mol. The van der Waals surface area contributed by atoms with Crippen LogP contribution in [-0.2, 0) is 10.0 Å². The number of likely N-dealkylation sites (tertiary alicyclic amines) is 1. The fourth-order valence-corrected chi connectivity index (χ4v) is 4.53. The number of nitrogens with zero attached hydrogens (tertiary/aromatic N) is 1. The van der Waals surface area contributed by atoms with Gasteiger partial charge in [0.05, 0.1) is 4.90 Å². The zero-order chi connectivity index (χ0) is 17.9. The van der Waals surface area contributed by atoms with Crippen LogP contribution >= 0.6 is 0 Å². The van der Waals surface area contributed by atoms with Gasteiger partial charge in [-0.15, -0.1) is 0 Å². The van der Waals surface area contributed by atoms with Crippen molar-refractivity contribution in [1.82, 2.24) is 14.9 Å². The van der Waals surface area contributed by atoms with Crippen molar-refractivity contribution < 1.29 is 13.2 Å². The predicted octanol–water partition coefficient (Wildman–Crippen LogP) is 1.73. The van der Waals surface area contributed by atoms with E-state index in [1.807, 2.05) is 0 Å². The van der Waals surface area contributed by atoms with Gasteiger partial charge in [0.1, 0.15) is 0 Å². The van der Waals surface area contributed by atoms with Crippen LogP contribution in [0.1, 0.15) is 49.4 Å². The van der Waals surface area contributed by atoms with Crippen molar-refractivity contribution >= 4 is 15.9 Å². The summed E-state index contributed by atoms with van der Waals surface area (Å²) in [6.45, 7) is 4.98. The first-order valence-corrected chi connectivity index (χ1v) is 10.6. The number of nitrogens with one attached hydrogen (secondary N) is 2. The molecule has 0 aromatic heterocycles. The molecule has 0 spiro atoms. The molecule has 2 N–H and O–H groups in total. The molecule has 0 bridgehead atoms. The SMILES string of the molecule is CCC(CNC(=O)c1ccc(S(=O)(=O)NC2CC2)cc1)N1CCCC1. The standard InChI is InChI=1S/C18H27N3O3S/c1-2-16(21-11-3-4-12-21)13-19-18(22)14-5-9-17(10-6-14)25(23,24)20-15-7-8-15/h5-6,9-10,15-16,20H,2-4,7-8,11-13H2,1H3,(H,19,22). The Labute approximate surface area is 150 Å². The van der Waals surface area contributed by atoms with E-state index in [0.717, 1.165) is 32.4 Å². The van der Waals surface area contributed by atoms with Crippen LogP contribution in [0.4, 0.5) is 0 Å². The monoisotopic (exact) mass is 365 g/mol. The average Bonchev–Trinajstić information content (AvgIpc) is 3.24. The molecular formula is C18H27N3O3S. The first-order valence-electron chi connectivity index (χ1n) is 9.14. The molecule has 7 heteroatoms. The van der Waals surface area contributed by atoms with Gasteiger partial charge in [0.2, 0.25) is 10.0 Å². The Morgan fingerprint density at radius 1 is 1.20 bits per heavy atom. The summed E-state index contributed by atoms with van der Waals surface area (Å²) in [5, 5.41) is 2.98. The third-order valence-electron chi connectivity index (χ3n) is 4.95. The van der Waals surface area contributed by atoms with Gasteiger partial charge in [-0.1, -0.05) is 6.92 Å². The Bertz CT molecular complexity index is 693. The van der Waals surface area contributed by atoms with Gasteiger partial charge in [-0.05, 0) is 69.5 Å². The quantitative estimate of drug-likeness (QED) is 0.735. The van der Waals surface area contributed by atoms with Gasteiger partial charge in [-0.3, -0.25) is 9.69 Å². The van der Waals surface area contributed by atoms with E-state index in [2.05, 4.69) is 21.9 Å². The molecule has 1 heterocycles. The van der Waals surface area contributed by atoms with E-state index in [0.29, 0.717) is 18.2 Å². The number of sulfonamides is 1. The van der Waals surface area contributed by atoms with Gasteiger partial charge < -0.3 is 5.32 Å². The largest absolute Gasteiger partial charge is 0.350 e. The highest BCUT2D eigenvalue weighted by Gasteiger charge is 2.28. The molecule has 1 unspecified atom stereocenters. The van der Waals surface area contributed by atoms with Crippen LogP contribution in [0.3, 0.4) is 0 Å². The average molecular weight is 365 g/mol. The number of carbonyl (C=O) groups is 1. The van der Waals surface area contributed by atoms with Gasteiger partial charge in [0, 0.05) is 24.2 Å². The van der Waals surface area contributed by atoms with Crippen LogP contribution < -0.4 is 10.0 Å². The van der Waals surface area contributed by atoms with Gasteiger partial charge >= 0.3 is 0 Å². The number of rotatable bonds is 8. The Morgan fingerprint density at radius 3 is 2.40 bits per heavy atom. The number of hydrogen-bond acceptors (Lipinski definition) is 4. The zero-order valence-corrected chi connectivity index (χ0v) is 15.5. The lowest BCUT2D eigenvalue weighted by Crippen LogP contribution is -2.42.